The summed E-state index contributed by atoms with van der Waals surface area (Å²) in [4.78, 5) is 19.6. The van der Waals surface area contributed by atoms with Crippen LogP contribution in [-0.2, 0) is 16.8 Å². The van der Waals surface area contributed by atoms with E-state index in [4.69, 9.17) is 4.74 Å². The molecule has 7 nitrogen and oxygen atoms in total. The lowest BCUT2D eigenvalue weighted by Crippen LogP contribution is -2.37. The number of carbonyl (C=O) groups is 1. The van der Waals surface area contributed by atoms with Crippen LogP contribution in [0.5, 0.6) is 0 Å². The molecule has 0 radical (unpaired) electrons. The molecule has 7 heteroatoms. The van der Waals surface area contributed by atoms with E-state index in [0.29, 0.717) is 24.5 Å². The van der Waals surface area contributed by atoms with Gasteiger partial charge in [0.15, 0.2) is 11.4 Å². The van der Waals surface area contributed by atoms with E-state index in [2.05, 4.69) is 15.0 Å². The van der Waals surface area contributed by atoms with Gasteiger partial charge in [-0.3, -0.25) is 4.79 Å². The fraction of sp³-hybridized carbons (Fsp3) is 0.381. The monoisotopic (exact) mass is 380 g/mol. The van der Waals surface area contributed by atoms with Gasteiger partial charge in [-0.25, -0.2) is 4.98 Å². The smallest absolute Gasteiger partial charge is 0.168 e. The fourth-order valence-corrected chi connectivity index (χ4v) is 3.39. The Hall–Kier alpha value is -2.77. The summed E-state index contributed by atoms with van der Waals surface area (Å²) in [5.74, 6) is 0.921. The van der Waals surface area contributed by atoms with E-state index in [1.54, 1.807) is 48.8 Å². The Morgan fingerprint density at radius 1 is 1.18 bits per heavy atom. The van der Waals surface area contributed by atoms with Crippen molar-refractivity contribution >= 4 is 17.2 Å². The summed E-state index contributed by atoms with van der Waals surface area (Å²) in [6, 6.07) is 10.9. The number of anilines is 1. The van der Waals surface area contributed by atoms with Crippen LogP contribution in [0.1, 0.15) is 35.5 Å². The van der Waals surface area contributed by atoms with Crippen molar-refractivity contribution in [3.05, 3.63) is 59.4 Å². The first-order valence-corrected chi connectivity index (χ1v) is 9.44. The Morgan fingerprint density at radius 2 is 1.89 bits per heavy atom. The van der Waals surface area contributed by atoms with Crippen LogP contribution in [-0.4, -0.2) is 51.8 Å². The molecule has 1 fully saturated rings. The van der Waals surface area contributed by atoms with Crippen molar-refractivity contribution < 1.29 is 14.6 Å². The summed E-state index contributed by atoms with van der Waals surface area (Å²) >= 11 is 0. The zero-order valence-electron chi connectivity index (χ0n) is 16.1. The van der Waals surface area contributed by atoms with Crippen LogP contribution in [0, 0.1) is 0 Å². The largest absolute Gasteiger partial charge is 0.386 e. The van der Waals surface area contributed by atoms with Crippen LogP contribution in [0.15, 0.2) is 42.6 Å². The Bertz CT molecular complexity index is 983. The van der Waals surface area contributed by atoms with Crippen molar-refractivity contribution in [3.8, 4) is 0 Å². The average molecular weight is 380 g/mol. The van der Waals surface area contributed by atoms with Crippen molar-refractivity contribution in [3.63, 3.8) is 0 Å². The summed E-state index contributed by atoms with van der Waals surface area (Å²) in [6.07, 6.45) is 1.92. The highest BCUT2D eigenvalue weighted by atomic mass is 16.5. The molecule has 1 aliphatic rings. The molecule has 146 valence electrons. The molecule has 0 aliphatic carbocycles. The number of rotatable bonds is 5. The molecule has 0 bridgehead atoms. The van der Waals surface area contributed by atoms with E-state index >= 15 is 0 Å². The molecule has 0 unspecified atom stereocenters. The third kappa shape index (κ3) is 3.76. The number of Topliss-reactive ketones (excluding diaryl/α,β-unsaturated/α-hetero) is 1. The zero-order valence-corrected chi connectivity index (χ0v) is 16.1. The molecule has 3 aromatic rings. The van der Waals surface area contributed by atoms with Gasteiger partial charge in [-0.2, -0.15) is 9.61 Å². The number of fused-ring (bicyclic) bond motifs is 1. The van der Waals surface area contributed by atoms with Crippen LogP contribution >= 0.6 is 0 Å². The molecule has 4 rings (SSSR count). The van der Waals surface area contributed by atoms with Crippen LogP contribution in [0.3, 0.4) is 0 Å². The van der Waals surface area contributed by atoms with Crippen LogP contribution in [0.2, 0.25) is 0 Å². The first kappa shape index (κ1) is 18.6. The van der Waals surface area contributed by atoms with E-state index in [1.165, 1.54) is 0 Å². The highest BCUT2D eigenvalue weighted by molar-refractivity contribution is 5.97. The van der Waals surface area contributed by atoms with Crippen LogP contribution in [0.25, 0.3) is 5.65 Å². The Balaban J connectivity index is 1.59. The molecule has 0 saturated carbocycles. The first-order chi connectivity index (χ1) is 13.4. The predicted molar refractivity (Wildman–Crippen MR) is 106 cm³/mol. The second-order valence-electron chi connectivity index (χ2n) is 7.54. The SMILES string of the molecule is CC(C)(O)c1ccc(C(=O)Cc2cc(N3CCOCC3)n3nccc3n2)cc1. The summed E-state index contributed by atoms with van der Waals surface area (Å²) in [5, 5.41) is 14.4. The summed E-state index contributed by atoms with van der Waals surface area (Å²) in [7, 11) is 0. The van der Waals surface area contributed by atoms with E-state index in [1.807, 2.05) is 12.1 Å². The second kappa shape index (κ2) is 7.33. The Kier molecular flexibility index (Phi) is 4.87. The third-order valence-electron chi connectivity index (χ3n) is 4.98. The van der Waals surface area contributed by atoms with E-state index in [9.17, 15) is 9.90 Å². The van der Waals surface area contributed by atoms with Crippen molar-refractivity contribution in [2.24, 2.45) is 0 Å². The highest BCUT2D eigenvalue weighted by Crippen LogP contribution is 2.22. The average Bonchev–Trinajstić information content (AvgIpc) is 3.16. The number of aliphatic hydroxyl groups is 1. The normalized spacial score (nSPS) is 15.2. The molecule has 1 aliphatic heterocycles. The predicted octanol–water partition coefficient (Wildman–Crippen LogP) is 2.22. The molecule has 0 spiro atoms. The maximum absolute atomic E-state index is 12.8. The molecule has 28 heavy (non-hydrogen) atoms. The van der Waals surface area contributed by atoms with Crippen molar-refractivity contribution in [1.82, 2.24) is 14.6 Å². The maximum Gasteiger partial charge on any atom is 0.168 e. The van der Waals surface area contributed by atoms with Gasteiger partial charge in [0.1, 0.15) is 5.82 Å². The fourth-order valence-electron chi connectivity index (χ4n) is 3.39. The minimum atomic E-state index is -0.927. The minimum absolute atomic E-state index is 0.00779. The van der Waals surface area contributed by atoms with Gasteiger partial charge in [-0.05, 0) is 19.4 Å². The molecule has 0 atom stereocenters. The van der Waals surface area contributed by atoms with E-state index < -0.39 is 5.60 Å². The second-order valence-corrected chi connectivity index (χ2v) is 7.54. The molecular formula is C21H24N4O3. The lowest BCUT2D eigenvalue weighted by Gasteiger charge is -2.29. The number of hydrogen-bond donors (Lipinski definition) is 1. The van der Waals surface area contributed by atoms with Gasteiger partial charge in [0.05, 0.1) is 37.1 Å². The van der Waals surface area contributed by atoms with Gasteiger partial charge < -0.3 is 14.7 Å². The lowest BCUT2D eigenvalue weighted by atomic mass is 9.96. The zero-order chi connectivity index (χ0) is 19.7. The highest BCUT2D eigenvalue weighted by Gasteiger charge is 2.19. The van der Waals surface area contributed by atoms with Crippen LogP contribution in [0.4, 0.5) is 5.82 Å². The molecule has 1 saturated heterocycles. The standard InChI is InChI=1S/C21H24N4O3/c1-21(2,27)16-5-3-15(4-6-16)18(26)13-17-14-20(24-9-11-28-12-10-24)25-19(23-17)7-8-22-25/h3-8,14,27H,9-13H2,1-2H3. The van der Waals surface area contributed by atoms with E-state index in [0.717, 1.165) is 30.1 Å². The maximum atomic E-state index is 12.8. The molecule has 0 amide bonds. The summed E-state index contributed by atoms with van der Waals surface area (Å²) < 4.78 is 7.24. The minimum Gasteiger partial charge on any atom is -0.386 e. The number of benzene rings is 1. The number of hydrogen-bond acceptors (Lipinski definition) is 6. The molecule has 1 aromatic carbocycles. The number of aromatic nitrogens is 3. The topological polar surface area (TPSA) is 80.0 Å². The number of carbonyl (C=O) groups excluding carboxylic acids is 1. The number of ketones is 1. The number of nitrogens with zero attached hydrogens (tertiary/aromatic N) is 4. The Morgan fingerprint density at radius 3 is 2.57 bits per heavy atom. The van der Waals surface area contributed by atoms with Gasteiger partial charge in [0, 0.05) is 30.8 Å². The van der Waals surface area contributed by atoms with Gasteiger partial charge in [-0.15, -0.1) is 0 Å². The molecule has 1 N–H and O–H groups in total. The number of morpholine rings is 1. The van der Waals surface area contributed by atoms with Crippen molar-refractivity contribution in [1.29, 1.82) is 0 Å². The van der Waals surface area contributed by atoms with Crippen LogP contribution < -0.4 is 4.90 Å². The molecule has 2 aromatic heterocycles. The quantitative estimate of drug-likeness (QED) is 0.684. The summed E-state index contributed by atoms with van der Waals surface area (Å²) in [6.45, 7) is 6.36. The lowest BCUT2D eigenvalue weighted by molar-refractivity contribution is 0.0784. The summed E-state index contributed by atoms with van der Waals surface area (Å²) in [5.41, 5.74) is 1.90. The van der Waals surface area contributed by atoms with Crippen molar-refractivity contribution in [2.45, 2.75) is 25.9 Å². The van der Waals surface area contributed by atoms with E-state index in [-0.39, 0.29) is 12.2 Å². The van der Waals surface area contributed by atoms with Crippen molar-refractivity contribution in [2.75, 3.05) is 31.2 Å². The Labute approximate surface area is 163 Å². The van der Waals surface area contributed by atoms with Gasteiger partial charge >= 0.3 is 0 Å². The first-order valence-electron chi connectivity index (χ1n) is 9.44. The molecule has 3 heterocycles. The van der Waals surface area contributed by atoms with Gasteiger partial charge in [0.25, 0.3) is 0 Å². The third-order valence-corrected chi connectivity index (χ3v) is 4.98. The number of ether oxygens (including phenoxy) is 1. The van der Waals surface area contributed by atoms with Gasteiger partial charge in [-0.1, -0.05) is 24.3 Å². The van der Waals surface area contributed by atoms with Gasteiger partial charge in [0.2, 0.25) is 0 Å². The molecular weight excluding hydrogens is 356 g/mol.